The molecule has 0 radical (unpaired) electrons. The minimum absolute atomic E-state index is 0.0684. The first kappa shape index (κ1) is 19.3. The van der Waals surface area contributed by atoms with Gasteiger partial charge < -0.3 is 9.47 Å². The fourth-order valence-electron chi connectivity index (χ4n) is 3.33. The van der Waals surface area contributed by atoms with Gasteiger partial charge in [0, 0.05) is 29.1 Å². The Balaban J connectivity index is 2.17. The first-order chi connectivity index (χ1) is 12.5. The summed E-state index contributed by atoms with van der Waals surface area (Å²) >= 11 is 12.6. The van der Waals surface area contributed by atoms with Crippen LogP contribution in [-0.2, 0) is 16.4 Å². The van der Waals surface area contributed by atoms with Crippen LogP contribution in [0.2, 0.25) is 5.02 Å². The Morgan fingerprint density at radius 1 is 1.19 bits per heavy atom. The summed E-state index contributed by atoms with van der Waals surface area (Å²) in [4.78, 5) is 0.228. The summed E-state index contributed by atoms with van der Waals surface area (Å²) in [6, 6.07) is 9.40. The summed E-state index contributed by atoms with van der Waals surface area (Å²) in [6.45, 7) is 0.289. The molecule has 1 heterocycles. The number of halogens is 2. The molecule has 8 heteroatoms. The van der Waals surface area contributed by atoms with Gasteiger partial charge in [-0.05, 0) is 24.1 Å². The highest BCUT2D eigenvalue weighted by Gasteiger charge is 2.39. The van der Waals surface area contributed by atoms with E-state index in [9.17, 15) is 8.42 Å². The summed E-state index contributed by atoms with van der Waals surface area (Å²) in [6.07, 6.45) is 0.466. The molecule has 0 amide bonds. The normalized spacial score (nSPS) is 17.6. The smallest absolute Gasteiger partial charge is 0.243 e. The van der Waals surface area contributed by atoms with E-state index in [2.05, 4.69) is 0 Å². The number of nitrogens with zero attached hydrogens (tertiary/aromatic N) is 1. The first-order valence-corrected chi connectivity index (χ1v) is 10.4. The SMILES string of the molecule is COc1cc(Cl)c2c(c1OC)C(CCl)N(S(=O)(=O)c1ccccc1)CC2. The van der Waals surface area contributed by atoms with Crippen LogP contribution in [-0.4, -0.2) is 39.4 Å². The van der Waals surface area contributed by atoms with E-state index >= 15 is 0 Å². The number of ether oxygens (including phenoxy) is 2. The van der Waals surface area contributed by atoms with Crippen molar-refractivity contribution in [3.8, 4) is 11.5 Å². The predicted octanol–water partition coefficient (Wildman–Crippen LogP) is 3.88. The molecule has 0 spiro atoms. The summed E-state index contributed by atoms with van der Waals surface area (Å²) in [5.74, 6) is 0.981. The number of rotatable bonds is 5. The highest BCUT2D eigenvalue weighted by molar-refractivity contribution is 7.89. The lowest BCUT2D eigenvalue weighted by atomic mass is 9.93. The fourth-order valence-corrected chi connectivity index (χ4v) is 5.64. The van der Waals surface area contributed by atoms with E-state index < -0.39 is 16.1 Å². The van der Waals surface area contributed by atoms with E-state index in [0.717, 1.165) is 5.56 Å². The van der Waals surface area contributed by atoms with Crippen LogP contribution in [0, 0.1) is 0 Å². The van der Waals surface area contributed by atoms with Crippen molar-refractivity contribution < 1.29 is 17.9 Å². The number of alkyl halides is 1. The summed E-state index contributed by atoms with van der Waals surface area (Å²) in [7, 11) is -0.687. The molecular weight excluding hydrogens is 397 g/mol. The standard InChI is InChI=1S/C18H19Cl2NO4S/c1-24-16-10-14(20)13-8-9-21(15(11-19)17(13)18(16)25-2)26(22,23)12-6-4-3-5-7-12/h3-7,10,15H,8-9,11H2,1-2H3. The Bertz CT molecular complexity index is 903. The highest BCUT2D eigenvalue weighted by atomic mass is 35.5. The Kier molecular flexibility index (Phi) is 5.67. The van der Waals surface area contributed by atoms with Crippen LogP contribution >= 0.6 is 23.2 Å². The lowest BCUT2D eigenvalue weighted by Crippen LogP contribution is -2.41. The second kappa shape index (κ2) is 7.64. The van der Waals surface area contributed by atoms with E-state index in [1.54, 1.807) is 36.4 Å². The van der Waals surface area contributed by atoms with Gasteiger partial charge in [-0.1, -0.05) is 29.8 Å². The third kappa shape index (κ3) is 3.16. The van der Waals surface area contributed by atoms with Gasteiger partial charge in [0.1, 0.15) is 0 Å². The van der Waals surface area contributed by atoms with Crippen LogP contribution in [0.3, 0.4) is 0 Å². The summed E-state index contributed by atoms with van der Waals surface area (Å²) in [5.41, 5.74) is 1.51. The summed E-state index contributed by atoms with van der Waals surface area (Å²) < 4.78 is 38.6. The molecule has 1 atom stereocenters. The molecule has 0 saturated heterocycles. The van der Waals surface area contributed by atoms with Crippen molar-refractivity contribution in [3.63, 3.8) is 0 Å². The van der Waals surface area contributed by atoms with Crippen molar-refractivity contribution in [2.75, 3.05) is 26.6 Å². The van der Waals surface area contributed by atoms with Crippen LogP contribution in [0.1, 0.15) is 17.2 Å². The van der Waals surface area contributed by atoms with E-state index in [1.165, 1.54) is 18.5 Å². The van der Waals surface area contributed by atoms with Crippen molar-refractivity contribution in [3.05, 3.63) is 52.5 Å². The van der Waals surface area contributed by atoms with Gasteiger partial charge in [0.15, 0.2) is 11.5 Å². The van der Waals surface area contributed by atoms with Crippen LogP contribution in [0.4, 0.5) is 0 Å². The number of sulfonamides is 1. The molecule has 0 N–H and O–H groups in total. The predicted molar refractivity (Wildman–Crippen MR) is 102 cm³/mol. The van der Waals surface area contributed by atoms with Gasteiger partial charge in [-0.25, -0.2) is 8.42 Å². The van der Waals surface area contributed by atoms with Crippen LogP contribution < -0.4 is 9.47 Å². The maximum Gasteiger partial charge on any atom is 0.243 e. The maximum absolute atomic E-state index is 13.2. The maximum atomic E-state index is 13.2. The second-order valence-electron chi connectivity index (χ2n) is 5.84. The topological polar surface area (TPSA) is 55.8 Å². The van der Waals surface area contributed by atoms with Crippen LogP contribution in [0.15, 0.2) is 41.3 Å². The van der Waals surface area contributed by atoms with Gasteiger partial charge in [-0.3, -0.25) is 0 Å². The fraction of sp³-hybridized carbons (Fsp3) is 0.333. The first-order valence-electron chi connectivity index (χ1n) is 8.01. The molecule has 2 aromatic carbocycles. The third-order valence-electron chi connectivity index (χ3n) is 4.52. The molecular formula is C18H19Cl2NO4S. The molecule has 26 heavy (non-hydrogen) atoms. The van der Waals surface area contributed by atoms with E-state index in [0.29, 0.717) is 28.5 Å². The van der Waals surface area contributed by atoms with Crippen molar-refractivity contribution in [1.29, 1.82) is 0 Å². The largest absolute Gasteiger partial charge is 0.493 e. The number of fused-ring (bicyclic) bond motifs is 1. The van der Waals surface area contributed by atoms with Crippen LogP contribution in [0.25, 0.3) is 0 Å². The molecule has 2 aromatic rings. The molecule has 5 nitrogen and oxygen atoms in total. The lowest BCUT2D eigenvalue weighted by Gasteiger charge is -2.37. The average Bonchev–Trinajstić information content (AvgIpc) is 2.67. The zero-order chi connectivity index (χ0) is 18.9. The number of hydrogen-bond donors (Lipinski definition) is 0. The molecule has 0 fully saturated rings. The quantitative estimate of drug-likeness (QED) is 0.695. The molecule has 0 saturated carbocycles. The highest BCUT2D eigenvalue weighted by Crippen LogP contribution is 2.47. The Hall–Kier alpha value is -1.47. The van der Waals surface area contributed by atoms with Gasteiger partial charge in [0.25, 0.3) is 0 Å². The molecule has 1 aliphatic rings. The molecule has 1 aliphatic heterocycles. The minimum atomic E-state index is -3.71. The molecule has 140 valence electrons. The Labute approximate surface area is 163 Å². The summed E-state index contributed by atoms with van der Waals surface area (Å²) in [5, 5.41) is 0.518. The second-order valence-corrected chi connectivity index (χ2v) is 8.44. The lowest BCUT2D eigenvalue weighted by molar-refractivity contribution is 0.303. The Morgan fingerprint density at radius 3 is 2.46 bits per heavy atom. The van der Waals surface area contributed by atoms with Crippen molar-refractivity contribution in [2.45, 2.75) is 17.4 Å². The molecule has 1 unspecified atom stereocenters. The van der Waals surface area contributed by atoms with Gasteiger partial charge in [0.05, 0.1) is 25.2 Å². The van der Waals surface area contributed by atoms with E-state index in [4.69, 9.17) is 32.7 Å². The molecule has 0 aliphatic carbocycles. The van der Waals surface area contributed by atoms with Crippen molar-refractivity contribution >= 4 is 33.2 Å². The zero-order valence-corrected chi connectivity index (χ0v) is 16.7. The molecule has 3 rings (SSSR count). The number of benzene rings is 2. The number of hydrogen-bond acceptors (Lipinski definition) is 4. The van der Waals surface area contributed by atoms with Gasteiger partial charge in [-0.15, -0.1) is 11.6 Å². The third-order valence-corrected chi connectivity index (χ3v) is 7.07. The van der Waals surface area contributed by atoms with Crippen LogP contribution in [0.5, 0.6) is 11.5 Å². The van der Waals surface area contributed by atoms with E-state index in [-0.39, 0.29) is 17.3 Å². The van der Waals surface area contributed by atoms with Gasteiger partial charge >= 0.3 is 0 Å². The van der Waals surface area contributed by atoms with Gasteiger partial charge in [0.2, 0.25) is 10.0 Å². The minimum Gasteiger partial charge on any atom is -0.493 e. The number of methoxy groups -OCH3 is 2. The monoisotopic (exact) mass is 415 g/mol. The average molecular weight is 416 g/mol. The Morgan fingerprint density at radius 2 is 1.88 bits per heavy atom. The van der Waals surface area contributed by atoms with Crippen molar-refractivity contribution in [2.24, 2.45) is 0 Å². The van der Waals surface area contributed by atoms with E-state index in [1.807, 2.05) is 0 Å². The molecule has 0 bridgehead atoms. The van der Waals surface area contributed by atoms with Crippen molar-refractivity contribution in [1.82, 2.24) is 4.31 Å². The van der Waals surface area contributed by atoms with Gasteiger partial charge in [-0.2, -0.15) is 4.31 Å². The zero-order valence-electron chi connectivity index (χ0n) is 14.4. The molecule has 0 aromatic heterocycles.